The highest BCUT2D eigenvalue weighted by atomic mass is 79.9. The summed E-state index contributed by atoms with van der Waals surface area (Å²) in [5, 5.41) is 3.25. The van der Waals surface area contributed by atoms with Crippen LogP contribution in [0.15, 0.2) is 39.3 Å². The van der Waals surface area contributed by atoms with Crippen LogP contribution in [0.1, 0.15) is 29.7 Å². The third-order valence-electron chi connectivity index (χ3n) is 3.27. The molecule has 0 fully saturated rings. The van der Waals surface area contributed by atoms with Gasteiger partial charge >= 0.3 is 0 Å². The molecule has 0 radical (unpaired) electrons. The van der Waals surface area contributed by atoms with Crippen molar-refractivity contribution < 1.29 is 8.78 Å². The second kappa shape index (κ2) is 6.99. The maximum Gasteiger partial charge on any atom is 0.131 e. The van der Waals surface area contributed by atoms with Gasteiger partial charge in [0.2, 0.25) is 0 Å². The monoisotopic (exact) mass is 417 g/mol. The number of aryl methyl sites for hydroxylation is 1. The molecule has 0 aliphatic heterocycles. The fraction of sp³-hybridized carbons (Fsp3) is 0.250. The highest BCUT2D eigenvalue weighted by molar-refractivity contribution is 9.11. The van der Waals surface area contributed by atoms with E-state index in [-0.39, 0.29) is 6.04 Å². The molecule has 2 aromatic rings. The Bertz CT molecular complexity index is 659. The molecule has 0 saturated carbocycles. The molecule has 0 spiro atoms. The van der Waals surface area contributed by atoms with Crippen LogP contribution in [-0.2, 0) is 0 Å². The van der Waals surface area contributed by atoms with Gasteiger partial charge in [0.05, 0.1) is 6.04 Å². The predicted octanol–water partition coefficient (Wildman–Crippen LogP) is 5.50. The van der Waals surface area contributed by atoms with Crippen molar-refractivity contribution in [2.24, 2.45) is 0 Å². The second-order valence-corrected chi connectivity index (χ2v) is 6.49. The van der Waals surface area contributed by atoms with Crippen LogP contribution in [0, 0.1) is 18.6 Å². The third-order valence-corrected chi connectivity index (χ3v) is 4.81. The van der Waals surface area contributed by atoms with Gasteiger partial charge in [0.15, 0.2) is 0 Å². The lowest BCUT2D eigenvalue weighted by molar-refractivity contribution is 0.540. The summed E-state index contributed by atoms with van der Waals surface area (Å²) in [6.45, 7) is 4.60. The van der Waals surface area contributed by atoms with Gasteiger partial charge < -0.3 is 5.32 Å². The Balaban J connectivity index is 2.55. The van der Waals surface area contributed by atoms with Crippen molar-refractivity contribution in [1.82, 2.24) is 5.32 Å². The number of rotatable bonds is 4. The number of hydrogen-bond donors (Lipinski definition) is 1. The van der Waals surface area contributed by atoms with Crippen molar-refractivity contribution in [3.05, 3.63) is 67.6 Å². The Morgan fingerprint density at radius 3 is 2.38 bits per heavy atom. The molecule has 5 heteroatoms. The van der Waals surface area contributed by atoms with E-state index in [9.17, 15) is 8.78 Å². The van der Waals surface area contributed by atoms with Crippen LogP contribution in [0.25, 0.3) is 0 Å². The normalized spacial score (nSPS) is 12.5. The van der Waals surface area contributed by atoms with Gasteiger partial charge in [-0.15, -0.1) is 0 Å². The minimum atomic E-state index is -0.573. The molecule has 112 valence electrons. The Labute approximate surface area is 140 Å². The first-order chi connectivity index (χ1) is 9.93. The summed E-state index contributed by atoms with van der Waals surface area (Å²) < 4.78 is 29.1. The summed E-state index contributed by atoms with van der Waals surface area (Å²) in [7, 11) is 0. The molecule has 1 unspecified atom stereocenters. The lowest BCUT2D eigenvalue weighted by Gasteiger charge is -2.22. The van der Waals surface area contributed by atoms with Crippen LogP contribution in [-0.4, -0.2) is 6.54 Å². The first-order valence-electron chi connectivity index (χ1n) is 6.58. The minimum Gasteiger partial charge on any atom is -0.306 e. The van der Waals surface area contributed by atoms with Gasteiger partial charge in [-0.05, 0) is 42.8 Å². The molecule has 0 aromatic heterocycles. The maximum absolute atomic E-state index is 14.1. The van der Waals surface area contributed by atoms with E-state index in [4.69, 9.17) is 0 Å². The van der Waals surface area contributed by atoms with Crippen LogP contribution >= 0.6 is 31.9 Å². The fourth-order valence-electron chi connectivity index (χ4n) is 2.21. The molecule has 0 aliphatic rings. The van der Waals surface area contributed by atoms with E-state index in [1.807, 2.05) is 26.0 Å². The SMILES string of the molecule is CCNC(c1ccc(F)cc1F)c1cc(Br)c(C)cc1Br. The number of hydrogen-bond acceptors (Lipinski definition) is 1. The lowest BCUT2D eigenvalue weighted by atomic mass is 9.97. The second-order valence-electron chi connectivity index (χ2n) is 4.78. The van der Waals surface area contributed by atoms with E-state index >= 15 is 0 Å². The molecule has 1 atom stereocenters. The molecule has 1 nitrogen and oxygen atoms in total. The van der Waals surface area contributed by atoms with Crippen molar-refractivity contribution in [2.45, 2.75) is 19.9 Å². The van der Waals surface area contributed by atoms with E-state index in [0.29, 0.717) is 12.1 Å². The molecule has 21 heavy (non-hydrogen) atoms. The first-order valence-corrected chi connectivity index (χ1v) is 8.16. The molecule has 0 bridgehead atoms. The van der Waals surface area contributed by atoms with Gasteiger partial charge in [-0.1, -0.05) is 44.8 Å². The molecular formula is C16H15Br2F2N. The zero-order valence-corrected chi connectivity index (χ0v) is 14.9. The summed E-state index contributed by atoms with van der Waals surface area (Å²) in [6.07, 6.45) is 0. The topological polar surface area (TPSA) is 12.0 Å². The molecule has 2 rings (SSSR count). The van der Waals surface area contributed by atoms with Gasteiger partial charge in [0, 0.05) is 20.6 Å². The largest absolute Gasteiger partial charge is 0.306 e. The quantitative estimate of drug-likeness (QED) is 0.691. The Morgan fingerprint density at radius 1 is 1.05 bits per heavy atom. The van der Waals surface area contributed by atoms with Crippen molar-refractivity contribution in [1.29, 1.82) is 0 Å². The zero-order chi connectivity index (χ0) is 15.6. The van der Waals surface area contributed by atoms with E-state index in [1.165, 1.54) is 12.1 Å². The van der Waals surface area contributed by atoms with Crippen LogP contribution in [0.5, 0.6) is 0 Å². The van der Waals surface area contributed by atoms with Crippen molar-refractivity contribution in [3.8, 4) is 0 Å². The van der Waals surface area contributed by atoms with E-state index in [1.54, 1.807) is 0 Å². The van der Waals surface area contributed by atoms with Crippen LogP contribution < -0.4 is 5.32 Å². The Kier molecular flexibility index (Phi) is 5.52. The molecule has 0 amide bonds. The van der Waals surface area contributed by atoms with Crippen LogP contribution in [0.2, 0.25) is 0 Å². The van der Waals surface area contributed by atoms with Crippen molar-refractivity contribution in [2.75, 3.05) is 6.54 Å². The van der Waals surface area contributed by atoms with Crippen LogP contribution in [0.3, 0.4) is 0 Å². The molecule has 0 saturated heterocycles. The van der Waals surface area contributed by atoms with Gasteiger partial charge in [-0.2, -0.15) is 0 Å². The number of halogens is 4. The third kappa shape index (κ3) is 3.71. The summed E-state index contributed by atoms with van der Waals surface area (Å²) >= 11 is 7.03. The summed E-state index contributed by atoms with van der Waals surface area (Å²) in [6, 6.07) is 7.26. The fourth-order valence-corrected chi connectivity index (χ4v) is 3.26. The van der Waals surface area contributed by atoms with Gasteiger partial charge in [-0.3, -0.25) is 0 Å². The molecule has 0 aliphatic carbocycles. The highest BCUT2D eigenvalue weighted by Gasteiger charge is 2.20. The van der Waals surface area contributed by atoms with E-state index in [2.05, 4.69) is 37.2 Å². The van der Waals surface area contributed by atoms with Gasteiger partial charge in [0.1, 0.15) is 11.6 Å². The van der Waals surface area contributed by atoms with Crippen molar-refractivity contribution in [3.63, 3.8) is 0 Å². The van der Waals surface area contributed by atoms with Crippen LogP contribution in [0.4, 0.5) is 8.78 Å². The molecule has 0 heterocycles. The van der Waals surface area contributed by atoms with E-state index < -0.39 is 11.6 Å². The van der Waals surface area contributed by atoms with E-state index in [0.717, 1.165) is 26.1 Å². The van der Waals surface area contributed by atoms with Gasteiger partial charge in [-0.25, -0.2) is 8.78 Å². The number of nitrogens with one attached hydrogen (secondary N) is 1. The summed E-state index contributed by atoms with van der Waals surface area (Å²) in [4.78, 5) is 0. The Hall–Kier alpha value is -0.780. The molecule has 2 aromatic carbocycles. The lowest BCUT2D eigenvalue weighted by Crippen LogP contribution is -2.23. The summed E-state index contributed by atoms with van der Waals surface area (Å²) in [5.41, 5.74) is 2.41. The average molecular weight is 419 g/mol. The molecule has 1 N–H and O–H groups in total. The highest BCUT2D eigenvalue weighted by Crippen LogP contribution is 2.34. The zero-order valence-electron chi connectivity index (χ0n) is 11.7. The average Bonchev–Trinajstić information content (AvgIpc) is 2.41. The maximum atomic E-state index is 14.1. The number of benzene rings is 2. The first kappa shape index (κ1) is 16.6. The molecular weight excluding hydrogens is 404 g/mol. The minimum absolute atomic E-state index is 0.345. The predicted molar refractivity (Wildman–Crippen MR) is 88.5 cm³/mol. The van der Waals surface area contributed by atoms with Crippen molar-refractivity contribution >= 4 is 31.9 Å². The smallest absolute Gasteiger partial charge is 0.131 e. The summed E-state index contributed by atoms with van der Waals surface area (Å²) in [5.74, 6) is -1.12. The standard InChI is InChI=1S/C16H15Br2F2N/c1-3-21-16(11-5-4-10(19)7-15(11)20)12-8-13(17)9(2)6-14(12)18/h4-8,16,21H,3H2,1-2H3. The van der Waals surface area contributed by atoms with Gasteiger partial charge in [0.25, 0.3) is 0 Å². The Morgan fingerprint density at radius 2 is 1.76 bits per heavy atom.